The maximum Gasteiger partial charge on any atom is 0.0431 e. The van der Waals surface area contributed by atoms with Gasteiger partial charge >= 0.3 is 0 Å². The van der Waals surface area contributed by atoms with Gasteiger partial charge in [0.15, 0.2) is 0 Å². The van der Waals surface area contributed by atoms with Crippen LogP contribution >= 0.6 is 12.4 Å². The highest BCUT2D eigenvalue weighted by Crippen LogP contribution is 1.96. The number of aromatic nitrogens is 1. The predicted octanol–water partition coefficient (Wildman–Crippen LogP) is 3.06. The summed E-state index contributed by atoms with van der Waals surface area (Å²) in [5, 5.41) is 8.29. The molecule has 3 heteroatoms. The van der Waals surface area contributed by atoms with Gasteiger partial charge in [-0.3, -0.25) is 4.98 Å². The summed E-state index contributed by atoms with van der Waals surface area (Å²) in [4.78, 5) is 3.78. The second-order valence-corrected chi connectivity index (χ2v) is 2.81. The van der Waals surface area contributed by atoms with Crippen LogP contribution in [0.5, 0.6) is 0 Å². The zero-order valence-corrected chi connectivity index (χ0v) is 9.54. The number of nitrogens with zero attached hydrogens (tertiary/aromatic N) is 1. The predicted molar refractivity (Wildman–Crippen MR) is 62.7 cm³/mol. The molecule has 0 atom stereocenters. The van der Waals surface area contributed by atoms with Gasteiger partial charge in [0.2, 0.25) is 0 Å². The maximum absolute atomic E-state index is 8.29. The van der Waals surface area contributed by atoms with E-state index in [0.29, 0.717) is 6.61 Å². The zero-order valence-electron chi connectivity index (χ0n) is 8.72. The molecule has 0 aliphatic heterocycles. The van der Waals surface area contributed by atoms with Crippen LogP contribution in [0.1, 0.15) is 32.6 Å². The van der Waals surface area contributed by atoms with Crippen LogP contribution < -0.4 is 0 Å². The minimum atomic E-state index is 0. The van der Waals surface area contributed by atoms with Gasteiger partial charge in [0.1, 0.15) is 0 Å². The molecular formula is C11H20ClNO. The van der Waals surface area contributed by atoms with Crippen molar-refractivity contribution in [3.05, 3.63) is 30.6 Å². The first-order valence-electron chi connectivity index (χ1n) is 4.87. The Morgan fingerprint density at radius 2 is 1.64 bits per heavy atom. The fraction of sp³-hybridized carbons (Fsp3) is 0.545. The van der Waals surface area contributed by atoms with Crippen molar-refractivity contribution >= 4 is 12.4 Å². The highest BCUT2D eigenvalue weighted by Gasteiger charge is 1.80. The Kier molecular flexibility index (Phi) is 16.9. The first-order chi connectivity index (χ1) is 6.41. The highest BCUT2D eigenvalue weighted by molar-refractivity contribution is 5.85. The van der Waals surface area contributed by atoms with Gasteiger partial charge in [0.05, 0.1) is 0 Å². The Morgan fingerprint density at radius 3 is 1.93 bits per heavy atom. The van der Waals surface area contributed by atoms with Crippen LogP contribution in [0.15, 0.2) is 30.6 Å². The Morgan fingerprint density at radius 1 is 1.00 bits per heavy atom. The lowest BCUT2D eigenvalue weighted by atomic mass is 10.2. The van der Waals surface area contributed by atoms with Crippen LogP contribution in [0.4, 0.5) is 0 Å². The highest BCUT2D eigenvalue weighted by atomic mass is 35.5. The quantitative estimate of drug-likeness (QED) is 0.787. The molecule has 2 nitrogen and oxygen atoms in total. The van der Waals surface area contributed by atoms with E-state index < -0.39 is 0 Å². The van der Waals surface area contributed by atoms with E-state index in [0.717, 1.165) is 6.42 Å². The van der Waals surface area contributed by atoms with Gasteiger partial charge in [0.25, 0.3) is 0 Å². The van der Waals surface area contributed by atoms with Crippen LogP contribution in [-0.4, -0.2) is 16.7 Å². The van der Waals surface area contributed by atoms with Gasteiger partial charge in [0, 0.05) is 19.0 Å². The Balaban J connectivity index is 0. The van der Waals surface area contributed by atoms with Crippen molar-refractivity contribution < 1.29 is 5.11 Å². The smallest absolute Gasteiger partial charge is 0.0431 e. The number of pyridine rings is 1. The monoisotopic (exact) mass is 217 g/mol. The number of hydrogen-bond acceptors (Lipinski definition) is 2. The lowest BCUT2D eigenvalue weighted by Crippen LogP contribution is -1.80. The number of aliphatic hydroxyl groups is 1. The second kappa shape index (κ2) is 14.9. The molecule has 0 bridgehead atoms. The lowest BCUT2D eigenvalue weighted by Gasteiger charge is -1.90. The average Bonchev–Trinajstić information content (AvgIpc) is 2.22. The van der Waals surface area contributed by atoms with E-state index in [-0.39, 0.29) is 12.4 Å². The van der Waals surface area contributed by atoms with E-state index in [4.69, 9.17) is 5.11 Å². The number of aliphatic hydroxyl groups excluding tert-OH is 1. The number of halogens is 1. The summed E-state index contributed by atoms with van der Waals surface area (Å²) in [5.41, 5.74) is 0. The molecule has 82 valence electrons. The molecule has 0 spiro atoms. The van der Waals surface area contributed by atoms with E-state index in [9.17, 15) is 0 Å². The van der Waals surface area contributed by atoms with Gasteiger partial charge in [-0.1, -0.05) is 32.3 Å². The summed E-state index contributed by atoms with van der Waals surface area (Å²) in [7, 11) is 0. The van der Waals surface area contributed by atoms with E-state index >= 15 is 0 Å². The molecule has 1 aromatic heterocycles. The average molecular weight is 218 g/mol. The summed E-state index contributed by atoms with van der Waals surface area (Å²) < 4.78 is 0. The molecule has 1 N–H and O–H groups in total. The van der Waals surface area contributed by atoms with Gasteiger partial charge < -0.3 is 5.11 Å². The van der Waals surface area contributed by atoms with Crippen molar-refractivity contribution in [2.24, 2.45) is 0 Å². The molecular weight excluding hydrogens is 198 g/mol. The van der Waals surface area contributed by atoms with Crippen LogP contribution in [0.3, 0.4) is 0 Å². The molecule has 0 aliphatic carbocycles. The third-order valence-corrected chi connectivity index (χ3v) is 1.58. The minimum Gasteiger partial charge on any atom is -0.396 e. The van der Waals surface area contributed by atoms with Gasteiger partial charge in [-0.2, -0.15) is 0 Å². The van der Waals surface area contributed by atoms with Crippen LogP contribution in [0.25, 0.3) is 0 Å². The summed E-state index contributed by atoms with van der Waals surface area (Å²) in [5.74, 6) is 0. The molecule has 1 rings (SSSR count). The van der Waals surface area contributed by atoms with Crippen molar-refractivity contribution in [1.82, 2.24) is 4.98 Å². The molecule has 0 radical (unpaired) electrons. The minimum absolute atomic E-state index is 0. The molecule has 0 aromatic carbocycles. The summed E-state index contributed by atoms with van der Waals surface area (Å²) in [6, 6.07) is 5.72. The van der Waals surface area contributed by atoms with E-state index in [1.54, 1.807) is 12.4 Å². The fourth-order valence-electron chi connectivity index (χ4n) is 0.851. The number of hydrogen-bond donors (Lipinski definition) is 1. The molecule has 0 fully saturated rings. The summed E-state index contributed by atoms with van der Waals surface area (Å²) in [6.45, 7) is 2.53. The second-order valence-electron chi connectivity index (χ2n) is 2.81. The van der Waals surface area contributed by atoms with Crippen molar-refractivity contribution in [2.45, 2.75) is 32.6 Å². The van der Waals surface area contributed by atoms with Gasteiger partial charge in [-0.05, 0) is 18.6 Å². The Bertz CT molecular complexity index is 139. The molecule has 1 aromatic rings. The normalized spacial score (nSPS) is 8.14. The third-order valence-electron chi connectivity index (χ3n) is 1.58. The summed E-state index contributed by atoms with van der Waals surface area (Å²) in [6.07, 6.45) is 8.18. The molecule has 0 unspecified atom stereocenters. The van der Waals surface area contributed by atoms with Crippen LogP contribution in [0, 0.1) is 0 Å². The third kappa shape index (κ3) is 14.0. The number of unbranched alkanes of at least 4 members (excludes halogenated alkanes) is 3. The Hall–Kier alpha value is -0.600. The van der Waals surface area contributed by atoms with Crippen molar-refractivity contribution in [3.8, 4) is 0 Å². The largest absolute Gasteiger partial charge is 0.396 e. The number of rotatable bonds is 4. The van der Waals surface area contributed by atoms with Crippen molar-refractivity contribution in [1.29, 1.82) is 0 Å². The molecule has 0 saturated carbocycles. The van der Waals surface area contributed by atoms with E-state index in [1.807, 2.05) is 18.2 Å². The fourth-order valence-corrected chi connectivity index (χ4v) is 0.851. The molecule has 14 heavy (non-hydrogen) atoms. The molecule has 0 amide bonds. The van der Waals surface area contributed by atoms with Crippen LogP contribution in [0.2, 0.25) is 0 Å². The Labute approximate surface area is 92.8 Å². The first-order valence-corrected chi connectivity index (χ1v) is 4.87. The first kappa shape index (κ1) is 15.9. The SMILES string of the molecule is CCCCCCO.Cl.c1ccncc1. The summed E-state index contributed by atoms with van der Waals surface area (Å²) >= 11 is 0. The standard InChI is InChI=1S/C6H14O.C5H5N.ClH/c1-2-3-4-5-6-7;1-2-4-6-5-3-1;/h7H,2-6H2,1H3;1-5H;1H. The molecule has 0 saturated heterocycles. The lowest BCUT2D eigenvalue weighted by molar-refractivity contribution is 0.283. The van der Waals surface area contributed by atoms with Gasteiger partial charge in [-0.25, -0.2) is 0 Å². The van der Waals surface area contributed by atoms with E-state index in [1.165, 1.54) is 19.3 Å². The van der Waals surface area contributed by atoms with Gasteiger partial charge in [-0.15, -0.1) is 12.4 Å². The topological polar surface area (TPSA) is 33.1 Å². The molecule has 1 heterocycles. The van der Waals surface area contributed by atoms with E-state index in [2.05, 4.69) is 11.9 Å². The zero-order chi connectivity index (χ0) is 9.78. The van der Waals surface area contributed by atoms with Crippen molar-refractivity contribution in [2.75, 3.05) is 6.61 Å². The van der Waals surface area contributed by atoms with Crippen molar-refractivity contribution in [3.63, 3.8) is 0 Å². The maximum atomic E-state index is 8.29. The molecule has 0 aliphatic rings. The van der Waals surface area contributed by atoms with Crippen LogP contribution in [-0.2, 0) is 0 Å².